The second kappa shape index (κ2) is 4.92. The van der Waals surface area contributed by atoms with E-state index in [1.165, 1.54) is 0 Å². The SMILES string of the molecule is CC(C)(C)OC1CC(N=C=O)Oc2ccccc21. The van der Waals surface area contributed by atoms with Gasteiger partial charge in [-0.05, 0) is 26.8 Å². The van der Waals surface area contributed by atoms with Crippen molar-refractivity contribution in [2.45, 2.75) is 45.1 Å². The second-order valence-electron chi connectivity index (χ2n) is 5.29. The smallest absolute Gasteiger partial charge is 0.238 e. The molecule has 0 N–H and O–H groups in total. The van der Waals surface area contributed by atoms with Crippen LogP contribution in [-0.2, 0) is 9.53 Å². The summed E-state index contributed by atoms with van der Waals surface area (Å²) in [6.07, 6.45) is 1.45. The molecule has 96 valence electrons. The molecule has 0 aliphatic carbocycles. The fourth-order valence-corrected chi connectivity index (χ4v) is 2.03. The Morgan fingerprint density at radius 2 is 2.11 bits per heavy atom. The molecule has 1 aliphatic heterocycles. The van der Waals surface area contributed by atoms with Crippen LogP contribution in [0.4, 0.5) is 0 Å². The molecule has 4 nitrogen and oxygen atoms in total. The van der Waals surface area contributed by atoms with Crippen LogP contribution in [0.15, 0.2) is 29.3 Å². The van der Waals surface area contributed by atoms with Crippen LogP contribution in [0.25, 0.3) is 0 Å². The third-order valence-corrected chi connectivity index (χ3v) is 2.64. The van der Waals surface area contributed by atoms with E-state index >= 15 is 0 Å². The van der Waals surface area contributed by atoms with Gasteiger partial charge in [0.1, 0.15) is 5.75 Å². The summed E-state index contributed by atoms with van der Waals surface area (Å²) in [7, 11) is 0. The maximum atomic E-state index is 10.4. The standard InChI is InChI=1S/C14H17NO3/c1-14(2,3)18-12-8-13(15-9-16)17-11-7-5-4-6-10(11)12/h4-7,12-13H,8H2,1-3H3. The quantitative estimate of drug-likeness (QED) is 0.596. The molecule has 1 aromatic carbocycles. The number of fused-ring (bicyclic) bond motifs is 1. The van der Waals surface area contributed by atoms with Crippen molar-refractivity contribution in [3.63, 3.8) is 0 Å². The summed E-state index contributed by atoms with van der Waals surface area (Å²) < 4.78 is 11.6. The van der Waals surface area contributed by atoms with Gasteiger partial charge in [-0.2, -0.15) is 4.99 Å². The monoisotopic (exact) mass is 247 g/mol. The maximum absolute atomic E-state index is 10.4. The average Bonchev–Trinajstić information content (AvgIpc) is 2.27. The molecular weight excluding hydrogens is 230 g/mol. The summed E-state index contributed by atoms with van der Waals surface area (Å²) in [5.41, 5.74) is 0.745. The lowest BCUT2D eigenvalue weighted by molar-refractivity contribution is -0.0850. The van der Waals surface area contributed by atoms with E-state index in [1.807, 2.05) is 45.0 Å². The molecule has 1 aromatic rings. The number of para-hydroxylation sites is 1. The molecule has 18 heavy (non-hydrogen) atoms. The van der Waals surface area contributed by atoms with Crippen molar-refractivity contribution in [3.8, 4) is 5.75 Å². The number of isocyanates is 1. The molecule has 4 heteroatoms. The molecule has 0 bridgehead atoms. The Morgan fingerprint density at radius 1 is 1.39 bits per heavy atom. The Bertz CT molecular complexity index is 472. The summed E-state index contributed by atoms with van der Waals surface area (Å²) in [5, 5.41) is 0. The topological polar surface area (TPSA) is 47.9 Å². The zero-order chi connectivity index (χ0) is 13.2. The van der Waals surface area contributed by atoms with E-state index in [0.29, 0.717) is 6.42 Å². The van der Waals surface area contributed by atoms with Gasteiger partial charge < -0.3 is 9.47 Å². The van der Waals surface area contributed by atoms with Gasteiger partial charge in [0.05, 0.1) is 11.7 Å². The van der Waals surface area contributed by atoms with Gasteiger partial charge >= 0.3 is 0 Å². The number of rotatable bonds is 2. The fraction of sp³-hybridized carbons (Fsp3) is 0.500. The van der Waals surface area contributed by atoms with Gasteiger partial charge in [0.25, 0.3) is 0 Å². The zero-order valence-electron chi connectivity index (χ0n) is 10.8. The minimum absolute atomic E-state index is 0.114. The highest BCUT2D eigenvalue weighted by Gasteiger charge is 2.31. The number of benzene rings is 1. The van der Waals surface area contributed by atoms with Crippen LogP contribution >= 0.6 is 0 Å². The van der Waals surface area contributed by atoms with Gasteiger partial charge in [0.2, 0.25) is 12.3 Å². The van der Waals surface area contributed by atoms with Gasteiger partial charge in [-0.25, -0.2) is 4.79 Å². The van der Waals surface area contributed by atoms with Crippen molar-refractivity contribution >= 4 is 6.08 Å². The van der Waals surface area contributed by atoms with Crippen molar-refractivity contribution in [1.82, 2.24) is 0 Å². The Labute approximate surface area is 107 Å². The lowest BCUT2D eigenvalue weighted by Gasteiger charge is -2.34. The number of nitrogens with zero attached hydrogens (tertiary/aromatic N) is 1. The number of hydrogen-bond acceptors (Lipinski definition) is 4. The Morgan fingerprint density at radius 3 is 2.78 bits per heavy atom. The highest BCUT2D eigenvalue weighted by molar-refractivity contribution is 5.39. The Kier molecular flexibility index (Phi) is 3.50. The molecule has 0 amide bonds. The molecule has 0 saturated carbocycles. The predicted molar refractivity (Wildman–Crippen MR) is 67.2 cm³/mol. The minimum Gasteiger partial charge on any atom is -0.467 e. The van der Waals surface area contributed by atoms with Crippen LogP contribution in [0.2, 0.25) is 0 Å². The summed E-state index contributed by atoms with van der Waals surface area (Å²) in [4.78, 5) is 14.0. The van der Waals surface area contributed by atoms with Crippen molar-refractivity contribution in [3.05, 3.63) is 29.8 Å². The highest BCUT2D eigenvalue weighted by atomic mass is 16.5. The third-order valence-electron chi connectivity index (χ3n) is 2.64. The molecule has 2 unspecified atom stereocenters. The summed E-state index contributed by atoms with van der Waals surface area (Å²) in [6, 6.07) is 7.68. The van der Waals surface area contributed by atoms with Crippen molar-refractivity contribution in [2.75, 3.05) is 0 Å². The molecule has 1 aliphatic rings. The van der Waals surface area contributed by atoms with E-state index in [2.05, 4.69) is 4.99 Å². The van der Waals surface area contributed by atoms with E-state index in [-0.39, 0.29) is 11.7 Å². The van der Waals surface area contributed by atoms with Crippen molar-refractivity contribution in [2.24, 2.45) is 4.99 Å². The lowest BCUT2D eigenvalue weighted by Crippen LogP contribution is -2.30. The predicted octanol–water partition coefficient (Wildman–Crippen LogP) is 2.99. The first-order chi connectivity index (χ1) is 8.49. The number of carbonyl (C=O) groups excluding carboxylic acids is 1. The van der Waals surface area contributed by atoms with Crippen LogP contribution in [0, 0.1) is 0 Å². The molecule has 1 heterocycles. The summed E-state index contributed by atoms with van der Waals surface area (Å²) >= 11 is 0. The van der Waals surface area contributed by atoms with Gasteiger partial charge in [0.15, 0.2) is 0 Å². The highest BCUT2D eigenvalue weighted by Crippen LogP contribution is 2.39. The molecular formula is C14H17NO3. The Hall–Kier alpha value is -1.64. The number of hydrogen-bond donors (Lipinski definition) is 0. The third kappa shape index (κ3) is 2.97. The first-order valence-corrected chi connectivity index (χ1v) is 6.00. The fourth-order valence-electron chi connectivity index (χ4n) is 2.03. The van der Waals surface area contributed by atoms with Crippen LogP contribution in [0.5, 0.6) is 5.75 Å². The molecule has 0 radical (unpaired) electrons. The molecule has 0 saturated heterocycles. The molecule has 0 aromatic heterocycles. The zero-order valence-corrected chi connectivity index (χ0v) is 10.8. The maximum Gasteiger partial charge on any atom is 0.238 e. The van der Waals surface area contributed by atoms with Crippen LogP contribution in [0.3, 0.4) is 0 Å². The van der Waals surface area contributed by atoms with E-state index in [0.717, 1.165) is 11.3 Å². The molecule has 0 spiro atoms. The lowest BCUT2D eigenvalue weighted by atomic mass is 10.0. The number of ether oxygens (including phenoxy) is 2. The average molecular weight is 247 g/mol. The summed E-state index contributed by atoms with van der Waals surface area (Å²) in [6.45, 7) is 6.01. The van der Waals surface area contributed by atoms with Crippen LogP contribution < -0.4 is 4.74 Å². The first-order valence-electron chi connectivity index (χ1n) is 6.00. The van der Waals surface area contributed by atoms with E-state index in [9.17, 15) is 4.79 Å². The molecule has 2 rings (SSSR count). The van der Waals surface area contributed by atoms with E-state index in [1.54, 1.807) is 6.08 Å². The first kappa shape index (κ1) is 12.8. The van der Waals surface area contributed by atoms with Gasteiger partial charge in [-0.1, -0.05) is 18.2 Å². The van der Waals surface area contributed by atoms with Crippen molar-refractivity contribution < 1.29 is 14.3 Å². The second-order valence-corrected chi connectivity index (χ2v) is 5.29. The van der Waals surface area contributed by atoms with E-state index < -0.39 is 6.23 Å². The van der Waals surface area contributed by atoms with Gasteiger partial charge in [-0.3, -0.25) is 0 Å². The molecule has 2 atom stereocenters. The van der Waals surface area contributed by atoms with Gasteiger partial charge in [-0.15, -0.1) is 0 Å². The number of aliphatic imine (C=N–C) groups is 1. The van der Waals surface area contributed by atoms with Crippen molar-refractivity contribution in [1.29, 1.82) is 0 Å². The summed E-state index contributed by atoms with van der Waals surface area (Å²) in [5.74, 6) is 0.724. The normalized spacial score (nSPS) is 22.6. The Balaban J connectivity index is 2.30. The van der Waals surface area contributed by atoms with E-state index in [4.69, 9.17) is 9.47 Å². The largest absolute Gasteiger partial charge is 0.467 e. The van der Waals surface area contributed by atoms with Crippen LogP contribution in [0.1, 0.15) is 38.9 Å². The van der Waals surface area contributed by atoms with Gasteiger partial charge in [0, 0.05) is 12.0 Å². The minimum atomic E-state index is -0.509. The molecule has 0 fully saturated rings. The van der Waals surface area contributed by atoms with Crippen LogP contribution in [-0.4, -0.2) is 17.9 Å².